The maximum atomic E-state index is 2.62. The van der Waals surface area contributed by atoms with E-state index in [0.717, 1.165) is 17.8 Å². The van der Waals surface area contributed by atoms with Gasteiger partial charge in [-0.15, -0.1) is 0 Å². The monoisotopic (exact) mass is 153 g/mol. The van der Waals surface area contributed by atoms with Gasteiger partial charge in [0.15, 0.2) is 0 Å². The Hall–Kier alpha value is -0.0400. The molecule has 0 radical (unpaired) electrons. The topological polar surface area (TPSA) is 3.24 Å². The maximum absolute atomic E-state index is 2.62. The summed E-state index contributed by atoms with van der Waals surface area (Å²) < 4.78 is 0. The summed E-state index contributed by atoms with van der Waals surface area (Å²) >= 11 is 0. The van der Waals surface area contributed by atoms with Crippen molar-refractivity contribution in [2.24, 2.45) is 17.8 Å². The molecule has 0 aromatic heterocycles. The van der Waals surface area contributed by atoms with Crippen LogP contribution in [0, 0.1) is 17.8 Å². The van der Waals surface area contributed by atoms with E-state index in [1.54, 1.807) is 0 Å². The second kappa shape index (κ2) is 2.78. The lowest BCUT2D eigenvalue weighted by molar-refractivity contribution is -0.0423. The van der Waals surface area contributed by atoms with E-state index < -0.39 is 0 Å². The lowest BCUT2D eigenvalue weighted by atomic mass is 9.60. The van der Waals surface area contributed by atoms with Crippen LogP contribution in [0.3, 0.4) is 0 Å². The molecular weight excluding hydrogens is 134 g/mol. The quantitative estimate of drug-likeness (QED) is 0.586. The fourth-order valence-electron chi connectivity index (χ4n) is 3.01. The van der Waals surface area contributed by atoms with E-state index in [4.69, 9.17) is 0 Å². The molecule has 64 valence electrons. The Morgan fingerprint density at radius 1 is 1.18 bits per heavy atom. The highest BCUT2D eigenvalue weighted by Gasteiger charge is 2.44. The summed E-state index contributed by atoms with van der Waals surface area (Å²) in [5.74, 6) is 3.23. The van der Waals surface area contributed by atoms with Gasteiger partial charge in [-0.05, 0) is 30.7 Å². The summed E-state index contributed by atoms with van der Waals surface area (Å²) in [6.45, 7) is 8.69. The third-order valence-electron chi connectivity index (χ3n) is 3.72. The molecule has 1 saturated carbocycles. The van der Waals surface area contributed by atoms with Gasteiger partial charge in [0.2, 0.25) is 0 Å². The fourth-order valence-corrected chi connectivity index (χ4v) is 3.01. The molecule has 2 atom stereocenters. The zero-order valence-corrected chi connectivity index (χ0v) is 7.71. The van der Waals surface area contributed by atoms with Gasteiger partial charge in [0.1, 0.15) is 0 Å². The average Bonchev–Trinajstić information content (AvgIpc) is 2.05. The summed E-state index contributed by atoms with van der Waals surface area (Å²) in [4.78, 5) is 2.62. The van der Waals surface area contributed by atoms with Crippen molar-refractivity contribution < 1.29 is 0 Å². The zero-order valence-electron chi connectivity index (χ0n) is 7.71. The van der Waals surface area contributed by atoms with Crippen LogP contribution in [0.25, 0.3) is 0 Å². The molecule has 3 fully saturated rings. The molecular formula is C10H19N. The Balaban J connectivity index is 1.91. The highest BCUT2D eigenvalue weighted by Crippen LogP contribution is 2.46. The minimum atomic E-state index is 1.07. The first-order valence-corrected chi connectivity index (χ1v) is 5.07. The molecule has 2 saturated heterocycles. The van der Waals surface area contributed by atoms with E-state index in [0.29, 0.717) is 0 Å². The van der Waals surface area contributed by atoms with Crippen molar-refractivity contribution in [2.45, 2.75) is 26.7 Å². The molecule has 2 unspecified atom stereocenters. The van der Waals surface area contributed by atoms with Crippen LogP contribution >= 0.6 is 0 Å². The highest BCUT2D eigenvalue weighted by atomic mass is 15.1. The highest BCUT2D eigenvalue weighted by molar-refractivity contribution is 4.95. The van der Waals surface area contributed by atoms with Crippen LogP contribution in [0.4, 0.5) is 0 Å². The lowest BCUT2D eigenvalue weighted by Gasteiger charge is -2.53. The van der Waals surface area contributed by atoms with E-state index in [1.165, 1.54) is 32.5 Å². The van der Waals surface area contributed by atoms with Crippen molar-refractivity contribution in [1.82, 2.24) is 4.90 Å². The molecule has 0 aromatic carbocycles. The molecule has 3 aliphatic rings. The summed E-state index contributed by atoms with van der Waals surface area (Å²) in [7, 11) is 0. The maximum Gasteiger partial charge on any atom is 0.00125 e. The molecule has 1 heteroatoms. The number of fused-ring (bicyclic) bond motifs is 2. The van der Waals surface area contributed by atoms with E-state index in [-0.39, 0.29) is 0 Å². The van der Waals surface area contributed by atoms with Crippen LogP contribution in [0.1, 0.15) is 26.7 Å². The summed E-state index contributed by atoms with van der Waals surface area (Å²) in [5.41, 5.74) is 0. The molecule has 2 aliphatic heterocycles. The van der Waals surface area contributed by atoms with E-state index in [1.807, 2.05) is 0 Å². The van der Waals surface area contributed by atoms with Gasteiger partial charge in [0.25, 0.3) is 0 Å². The van der Waals surface area contributed by atoms with Crippen molar-refractivity contribution >= 4 is 0 Å². The van der Waals surface area contributed by atoms with E-state index in [2.05, 4.69) is 18.7 Å². The molecule has 0 amide bonds. The number of nitrogens with zero attached hydrogens (tertiary/aromatic N) is 1. The number of hydrogen-bond acceptors (Lipinski definition) is 1. The smallest absolute Gasteiger partial charge is 0.00125 e. The van der Waals surface area contributed by atoms with Gasteiger partial charge in [-0.2, -0.15) is 0 Å². The van der Waals surface area contributed by atoms with E-state index in [9.17, 15) is 0 Å². The summed E-state index contributed by atoms with van der Waals surface area (Å²) in [6.07, 6.45) is 2.96. The molecule has 2 heterocycles. The second-order valence-corrected chi connectivity index (χ2v) is 4.18. The second-order valence-electron chi connectivity index (χ2n) is 4.18. The molecule has 1 nitrogen and oxygen atoms in total. The zero-order chi connectivity index (χ0) is 7.84. The number of hydrogen-bond donors (Lipinski definition) is 0. The number of piperidine rings is 2. The average molecular weight is 153 g/mol. The fraction of sp³-hybridized carbons (Fsp3) is 1.00. The third kappa shape index (κ3) is 1.10. The van der Waals surface area contributed by atoms with Crippen molar-refractivity contribution in [2.75, 3.05) is 19.6 Å². The van der Waals surface area contributed by atoms with Gasteiger partial charge in [-0.1, -0.05) is 20.3 Å². The molecule has 0 N–H and O–H groups in total. The summed E-state index contributed by atoms with van der Waals surface area (Å²) in [5, 5.41) is 0. The first-order chi connectivity index (χ1) is 5.35. The van der Waals surface area contributed by atoms with Crippen LogP contribution in [-0.2, 0) is 0 Å². The largest absolute Gasteiger partial charge is 0.303 e. The van der Waals surface area contributed by atoms with Gasteiger partial charge in [0, 0.05) is 13.1 Å². The van der Waals surface area contributed by atoms with Gasteiger partial charge in [0.05, 0.1) is 0 Å². The lowest BCUT2D eigenvalue weighted by Crippen LogP contribution is -2.54. The Morgan fingerprint density at radius 2 is 1.82 bits per heavy atom. The Morgan fingerprint density at radius 3 is 2.27 bits per heavy atom. The molecule has 2 bridgehead atoms. The first-order valence-electron chi connectivity index (χ1n) is 5.07. The molecule has 0 aromatic rings. The molecule has 1 aliphatic carbocycles. The van der Waals surface area contributed by atoms with Crippen LogP contribution in [-0.4, -0.2) is 24.5 Å². The Bertz CT molecular complexity index is 132. The standard InChI is InChI=1S/C10H19N/c1-3-10-8-5-9(10)7-11(4-2)6-8/h8-10H,3-7H2,1-2H3. The van der Waals surface area contributed by atoms with Gasteiger partial charge >= 0.3 is 0 Å². The van der Waals surface area contributed by atoms with Crippen molar-refractivity contribution in [3.63, 3.8) is 0 Å². The van der Waals surface area contributed by atoms with Crippen molar-refractivity contribution in [1.29, 1.82) is 0 Å². The van der Waals surface area contributed by atoms with Crippen molar-refractivity contribution in [3.8, 4) is 0 Å². The normalized spacial score (nSPS) is 43.6. The Labute approximate surface area is 69.8 Å². The minimum Gasteiger partial charge on any atom is -0.303 e. The molecule has 11 heavy (non-hydrogen) atoms. The van der Waals surface area contributed by atoms with Crippen LogP contribution in [0.5, 0.6) is 0 Å². The van der Waals surface area contributed by atoms with E-state index >= 15 is 0 Å². The SMILES string of the molecule is CCC1C2CC1CN(CC)C2. The van der Waals surface area contributed by atoms with Crippen LogP contribution in [0.15, 0.2) is 0 Å². The van der Waals surface area contributed by atoms with Crippen LogP contribution < -0.4 is 0 Å². The third-order valence-corrected chi connectivity index (χ3v) is 3.72. The summed E-state index contributed by atoms with van der Waals surface area (Å²) in [6, 6.07) is 0. The van der Waals surface area contributed by atoms with Gasteiger partial charge < -0.3 is 4.90 Å². The van der Waals surface area contributed by atoms with Crippen molar-refractivity contribution in [3.05, 3.63) is 0 Å². The minimum absolute atomic E-state index is 1.07. The Kier molecular flexibility index (Phi) is 1.92. The predicted octanol–water partition coefficient (Wildman–Crippen LogP) is 1.98. The molecule has 0 spiro atoms. The van der Waals surface area contributed by atoms with Gasteiger partial charge in [-0.25, -0.2) is 0 Å². The first kappa shape index (κ1) is 7.60. The number of rotatable bonds is 2. The molecule has 3 rings (SSSR count). The predicted molar refractivity (Wildman–Crippen MR) is 47.5 cm³/mol. The van der Waals surface area contributed by atoms with Gasteiger partial charge in [-0.3, -0.25) is 0 Å². The van der Waals surface area contributed by atoms with Crippen LogP contribution in [0.2, 0.25) is 0 Å².